The lowest BCUT2D eigenvalue weighted by molar-refractivity contribution is -0.384. The Labute approximate surface area is 117 Å². The van der Waals surface area contributed by atoms with Gasteiger partial charge in [-0.3, -0.25) is 15.5 Å². The molecule has 0 atom stereocenters. The van der Waals surface area contributed by atoms with Gasteiger partial charge in [0.25, 0.3) is 5.69 Å². The van der Waals surface area contributed by atoms with Crippen molar-refractivity contribution >= 4 is 17.1 Å². The number of nitrogens with one attached hydrogen (secondary N) is 1. The molecule has 0 bridgehead atoms. The zero-order chi connectivity index (χ0) is 14.5. The SMILES string of the molecule is C/C(=N/Nc1ccc(C)cc1)c1ccc([N+](=O)[O-])cc1. The third-order valence-corrected chi connectivity index (χ3v) is 2.90. The molecule has 0 radical (unpaired) electrons. The van der Waals surface area contributed by atoms with E-state index in [2.05, 4.69) is 10.5 Å². The van der Waals surface area contributed by atoms with Crippen LogP contribution in [0.3, 0.4) is 0 Å². The van der Waals surface area contributed by atoms with Crippen LogP contribution in [0.1, 0.15) is 18.1 Å². The fourth-order valence-corrected chi connectivity index (χ4v) is 1.67. The summed E-state index contributed by atoms with van der Waals surface area (Å²) in [5, 5.41) is 14.8. The number of hydrazone groups is 1. The van der Waals surface area contributed by atoms with Gasteiger partial charge in [-0.05, 0) is 43.7 Å². The van der Waals surface area contributed by atoms with Crippen molar-refractivity contribution in [2.24, 2.45) is 5.10 Å². The van der Waals surface area contributed by atoms with E-state index in [1.165, 1.54) is 17.7 Å². The second kappa shape index (κ2) is 5.97. The Hall–Kier alpha value is -2.69. The molecule has 5 nitrogen and oxygen atoms in total. The largest absolute Gasteiger partial charge is 0.278 e. The molecule has 0 aromatic heterocycles. The third kappa shape index (κ3) is 3.41. The number of nitrogens with zero attached hydrogens (tertiary/aromatic N) is 2. The van der Waals surface area contributed by atoms with Crippen molar-refractivity contribution < 1.29 is 4.92 Å². The number of aryl methyl sites for hydroxylation is 1. The van der Waals surface area contributed by atoms with Crippen LogP contribution in [-0.2, 0) is 0 Å². The normalized spacial score (nSPS) is 11.2. The summed E-state index contributed by atoms with van der Waals surface area (Å²) in [4.78, 5) is 10.2. The molecule has 0 fully saturated rings. The molecular weight excluding hydrogens is 254 g/mol. The van der Waals surface area contributed by atoms with Gasteiger partial charge in [0.05, 0.1) is 16.3 Å². The number of hydrogen-bond donors (Lipinski definition) is 1. The Balaban J connectivity index is 2.09. The summed E-state index contributed by atoms with van der Waals surface area (Å²) in [5.41, 5.74) is 6.73. The van der Waals surface area contributed by atoms with Crippen LogP contribution in [0.15, 0.2) is 53.6 Å². The topological polar surface area (TPSA) is 67.5 Å². The third-order valence-electron chi connectivity index (χ3n) is 2.90. The molecule has 102 valence electrons. The zero-order valence-electron chi connectivity index (χ0n) is 11.3. The van der Waals surface area contributed by atoms with Crippen LogP contribution in [0.5, 0.6) is 0 Å². The van der Waals surface area contributed by atoms with Crippen molar-refractivity contribution in [1.82, 2.24) is 0 Å². The highest BCUT2D eigenvalue weighted by molar-refractivity contribution is 5.99. The molecule has 20 heavy (non-hydrogen) atoms. The molecule has 0 aliphatic heterocycles. The van der Waals surface area contributed by atoms with Crippen molar-refractivity contribution in [3.63, 3.8) is 0 Å². The Morgan fingerprint density at radius 1 is 1.10 bits per heavy atom. The van der Waals surface area contributed by atoms with Crippen molar-refractivity contribution in [2.75, 3.05) is 5.43 Å². The molecule has 2 aromatic rings. The number of benzene rings is 2. The minimum absolute atomic E-state index is 0.0769. The van der Waals surface area contributed by atoms with Crippen LogP contribution in [0.4, 0.5) is 11.4 Å². The summed E-state index contributed by atoms with van der Waals surface area (Å²) in [6, 6.07) is 14.2. The number of anilines is 1. The van der Waals surface area contributed by atoms with E-state index in [4.69, 9.17) is 0 Å². The summed E-state index contributed by atoms with van der Waals surface area (Å²) in [5.74, 6) is 0. The van der Waals surface area contributed by atoms with E-state index in [1.54, 1.807) is 12.1 Å². The first-order valence-corrected chi connectivity index (χ1v) is 6.18. The number of hydrogen-bond acceptors (Lipinski definition) is 4. The summed E-state index contributed by atoms with van der Waals surface area (Å²) in [6.45, 7) is 3.87. The highest BCUT2D eigenvalue weighted by atomic mass is 16.6. The second-order valence-electron chi connectivity index (χ2n) is 4.48. The van der Waals surface area contributed by atoms with E-state index in [1.807, 2.05) is 38.1 Å². The molecule has 0 saturated heterocycles. The average molecular weight is 269 g/mol. The predicted octanol–water partition coefficient (Wildman–Crippen LogP) is 3.74. The molecule has 1 N–H and O–H groups in total. The van der Waals surface area contributed by atoms with Gasteiger partial charge in [0.1, 0.15) is 0 Å². The van der Waals surface area contributed by atoms with Crippen LogP contribution < -0.4 is 5.43 Å². The standard InChI is InChI=1S/C15H15N3O2/c1-11-3-7-14(8-4-11)17-16-12(2)13-5-9-15(10-6-13)18(19)20/h3-10,17H,1-2H3/b16-12-. The molecular formula is C15H15N3O2. The van der Waals surface area contributed by atoms with E-state index in [-0.39, 0.29) is 5.69 Å². The maximum Gasteiger partial charge on any atom is 0.269 e. The quantitative estimate of drug-likeness (QED) is 0.522. The first-order valence-electron chi connectivity index (χ1n) is 6.18. The van der Waals surface area contributed by atoms with Crippen molar-refractivity contribution in [1.29, 1.82) is 0 Å². The Morgan fingerprint density at radius 3 is 2.25 bits per heavy atom. The molecule has 0 amide bonds. The van der Waals surface area contributed by atoms with Gasteiger partial charge in [0.15, 0.2) is 0 Å². The summed E-state index contributed by atoms with van der Waals surface area (Å²) in [6.07, 6.45) is 0. The molecule has 0 aliphatic carbocycles. The molecule has 0 spiro atoms. The van der Waals surface area contributed by atoms with Gasteiger partial charge in [-0.25, -0.2) is 0 Å². The molecule has 0 heterocycles. The van der Waals surface area contributed by atoms with E-state index >= 15 is 0 Å². The van der Waals surface area contributed by atoms with Crippen LogP contribution in [0.25, 0.3) is 0 Å². The van der Waals surface area contributed by atoms with Crippen LogP contribution in [0, 0.1) is 17.0 Å². The maximum absolute atomic E-state index is 10.6. The fourth-order valence-electron chi connectivity index (χ4n) is 1.67. The first kappa shape index (κ1) is 13.7. The van der Waals surface area contributed by atoms with E-state index in [9.17, 15) is 10.1 Å². The summed E-state index contributed by atoms with van der Waals surface area (Å²) in [7, 11) is 0. The van der Waals surface area contributed by atoms with Crippen molar-refractivity contribution in [3.8, 4) is 0 Å². The van der Waals surface area contributed by atoms with Crippen LogP contribution in [0.2, 0.25) is 0 Å². The van der Waals surface area contributed by atoms with Crippen LogP contribution in [-0.4, -0.2) is 10.6 Å². The minimum Gasteiger partial charge on any atom is -0.278 e. The maximum atomic E-state index is 10.6. The molecule has 0 aliphatic rings. The lowest BCUT2D eigenvalue weighted by Gasteiger charge is -2.04. The van der Waals surface area contributed by atoms with Crippen molar-refractivity contribution in [2.45, 2.75) is 13.8 Å². The van der Waals surface area contributed by atoms with Gasteiger partial charge in [-0.1, -0.05) is 17.7 Å². The number of nitro groups is 1. The zero-order valence-corrected chi connectivity index (χ0v) is 11.3. The van der Waals surface area contributed by atoms with Gasteiger partial charge in [0, 0.05) is 12.1 Å². The molecule has 2 rings (SSSR count). The average Bonchev–Trinajstić information content (AvgIpc) is 2.46. The fraction of sp³-hybridized carbons (Fsp3) is 0.133. The van der Waals surface area contributed by atoms with Gasteiger partial charge in [0.2, 0.25) is 0 Å². The number of non-ortho nitro benzene ring substituents is 1. The summed E-state index contributed by atoms with van der Waals surface area (Å²) >= 11 is 0. The highest BCUT2D eigenvalue weighted by Crippen LogP contribution is 2.13. The number of rotatable bonds is 4. The lowest BCUT2D eigenvalue weighted by atomic mass is 10.1. The Morgan fingerprint density at radius 2 is 1.70 bits per heavy atom. The highest BCUT2D eigenvalue weighted by Gasteiger charge is 2.05. The molecule has 0 saturated carbocycles. The molecule has 5 heteroatoms. The Bertz CT molecular complexity index is 631. The van der Waals surface area contributed by atoms with Gasteiger partial charge < -0.3 is 0 Å². The van der Waals surface area contributed by atoms with E-state index < -0.39 is 4.92 Å². The van der Waals surface area contributed by atoms with Gasteiger partial charge in [-0.15, -0.1) is 0 Å². The van der Waals surface area contributed by atoms with Gasteiger partial charge in [-0.2, -0.15) is 5.10 Å². The smallest absolute Gasteiger partial charge is 0.269 e. The second-order valence-corrected chi connectivity index (χ2v) is 4.48. The lowest BCUT2D eigenvalue weighted by Crippen LogP contribution is -2.00. The van der Waals surface area contributed by atoms with Crippen molar-refractivity contribution in [3.05, 3.63) is 69.8 Å². The minimum atomic E-state index is -0.416. The van der Waals surface area contributed by atoms with E-state index in [0.717, 1.165) is 17.0 Å². The Kier molecular flexibility index (Phi) is 4.10. The van der Waals surface area contributed by atoms with Crippen LogP contribution >= 0.6 is 0 Å². The van der Waals surface area contributed by atoms with Gasteiger partial charge >= 0.3 is 0 Å². The van der Waals surface area contributed by atoms with E-state index in [0.29, 0.717) is 0 Å². The molecule has 0 unspecified atom stereocenters. The molecule has 2 aromatic carbocycles. The first-order chi connectivity index (χ1) is 9.56. The summed E-state index contributed by atoms with van der Waals surface area (Å²) < 4.78 is 0. The monoisotopic (exact) mass is 269 g/mol. The predicted molar refractivity (Wildman–Crippen MR) is 80.1 cm³/mol. The number of nitro benzene ring substituents is 1.